The number of carbonyl (C=O) groups excluding carboxylic acids is 3. The third-order valence-electron chi connectivity index (χ3n) is 3.01. The van der Waals surface area contributed by atoms with Gasteiger partial charge in [-0.3, -0.25) is 9.59 Å². The lowest BCUT2D eigenvalue weighted by Crippen LogP contribution is -2.25. The molecule has 0 atom stereocenters. The zero-order valence-corrected chi connectivity index (χ0v) is 11.3. The van der Waals surface area contributed by atoms with Gasteiger partial charge in [-0.05, 0) is 32.3 Å². The van der Waals surface area contributed by atoms with Crippen LogP contribution in [-0.2, 0) is 14.4 Å². The third kappa shape index (κ3) is 6.15. The average Bonchev–Trinajstić information content (AvgIpc) is 2.22. The summed E-state index contributed by atoms with van der Waals surface area (Å²) in [6.07, 6.45) is 1.72. The molecular weight excluding hydrogens is 216 g/mol. The normalized spacial score (nSPS) is 11.1. The van der Waals surface area contributed by atoms with Crippen LogP contribution >= 0.6 is 0 Å². The van der Waals surface area contributed by atoms with Gasteiger partial charge in [-0.1, -0.05) is 20.4 Å². The Morgan fingerprint density at radius 1 is 1.00 bits per heavy atom. The molecule has 0 N–H and O–H groups in total. The summed E-state index contributed by atoms with van der Waals surface area (Å²) in [5.74, 6) is 0.0725. The first-order chi connectivity index (χ1) is 7.66. The van der Waals surface area contributed by atoms with Crippen LogP contribution in [0.25, 0.3) is 0 Å². The van der Waals surface area contributed by atoms with Crippen LogP contribution in [-0.4, -0.2) is 17.3 Å². The summed E-state index contributed by atoms with van der Waals surface area (Å²) in [6, 6.07) is 0. The topological polar surface area (TPSA) is 51.2 Å². The molecule has 0 unspecified atom stereocenters. The predicted molar refractivity (Wildman–Crippen MR) is 67.8 cm³/mol. The van der Waals surface area contributed by atoms with E-state index in [1.165, 1.54) is 13.8 Å². The van der Waals surface area contributed by atoms with Crippen molar-refractivity contribution in [3.05, 3.63) is 12.2 Å². The Hall–Kier alpha value is -1.25. The van der Waals surface area contributed by atoms with E-state index in [0.717, 1.165) is 0 Å². The lowest BCUT2D eigenvalue weighted by molar-refractivity contribution is -0.129. The molecule has 0 aromatic rings. The molecular formula is C14H22O3. The molecule has 0 bridgehead atoms. The van der Waals surface area contributed by atoms with E-state index < -0.39 is 5.41 Å². The summed E-state index contributed by atoms with van der Waals surface area (Å²) in [5, 5.41) is 0. The standard InChI is InChI=1S/C14H22O3/c1-10(12(3)16)8-9-14(4,5)13(17)7-6-11(2)15/h1,6-9H2,2-5H3. The summed E-state index contributed by atoms with van der Waals surface area (Å²) in [4.78, 5) is 33.7. The fourth-order valence-corrected chi connectivity index (χ4v) is 1.41. The zero-order chi connectivity index (χ0) is 13.6. The number of ketones is 3. The van der Waals surface area contributed by atoms with Gasteiger partial charge in [0, 0.05) is 18.3 Å². The Kier molecular flexibility index (Phi) is 6.00. The summed E-state index contributed by atoms with van der Waals surface area (Å²) >= 11 is 0. The fraction of sp³-hybridized carbons (Fsp3) is 0.643. The van der Waals surface area contributed by atoms with Gasteiger partial charge >= 0.3 is 0 Å². The Bertz CT molecular complexity index is 337. The molecule has 0 amide bonds. The van der Waals surface area contributed by atoms with Gasteiger partial charge in [-0.25, -0.2) is 0 Å². The molecule has 0 radical (unpaired) electrons. The van der Waals surface area contributed by atoms with Gasteiger partial charge in [0.05, 0.1) is 0 Å². The molecule has 0 aliphatic heterocycles. The van der Waals surface area contributed by atoms with Crippen molar-refractivity contribution in [3.8, 4) is 0 Å². The Labute approximate surface area is 103 Å². The summed E-state index contributed by atoms with van der Waals surface area (Å²) in [7, 11) is 0. The van der Waals surface area contributed by atoms with Crippen molar-refractivity contribution in [2.24, 2.45) is 5.41 Å². The molecule has 0 heterocycles. The first-order valence-electron chi connectivity index (χ1n) is 5.88. The van der Waals surface area contributed by atoms with Crippen molar-refractivity contribution < 1.29 is 14.4 Å². The maximum absolute atomic E-state index is 11.9. The van der Waals surface area contributed by atoms with Crippen molar-refractivity contribution in [1.82, 2.24) is 0 Å². The molecule has 0 aromatic heterocycles. The maximum Gasteiger partial charge on any atom is 0.155 e. The minimum absolute atomic E-state index is 0.0299. The van der Waals surface area contributed by atoms with Crippen molar-refractivity contribution in [2.75, 3.05) is 0 Å². The number of allylic oxidation sites excluding steroid dienone is 1. The second-order valence-electron chi connectivity index (χ2n) is 5.17. The van der Waals surface area contributed by atoms with Gasteiger partial charge < -0.3 is 4.79 Å². The summed E-state index contributed by atoms with van der Waals surface area (Å²) in [6.45, 7) is 10.3. The molecule has 0 rings (SSSR count). The molecule has 3 heteroatoms. The van der Waals surface area contributed by atoms with Crippen molar-refractivity contribution in [3.63, 3.8) is 0 Å². The van der Waals surface area contributed by atoms with Crippen LogP contribution in [0, 0.1) is 5.41 Å². The van der Waals surface area contributed by atoms with Gasteiger partial charge in [0.25, 0.3) is 0 Å². The maximum atomic E-state index is 11.9. The van der Waals surface area contributed by atoms with Crippen LogP contribution in [0.1, 0.15) is 53.4 Å². The van der Waals surface area contributed by atoms with E-state index in [1.54, 1.807) is 0 Å². The smallest absolute Gasteiger partial charge is 0.155 e. The molecule has 0 spiro atoms. The van der Waals surface area contributed by atoms with Crippen LogP contribution in [0.5, 0.6) is 0 Å². The zero-order valence-electron chi connectivity index (χ0n) is 11.3. The SMILES string of the molecule is C=C(CCC(C)(C)C(=O)CCC(C)=O)C(C)=O. The summed E-state index contributed by atoms with van der Waals surface area (Å²) in [5.41, 5.74) is 0.0610. The molecule has 0 saturated carbocycles. The van der Waals surface area contributed by atoms with E-state index >= 15 is 0 Å². The number of hydrogen-bond acceptors (Lipinski definition) is 3. The predicted octanol–water partition coefficient (Wildman–Crippen LogP) is 2.88. The van der Waals surface area contributed by atoms with Gasteiger partial charge in [0.2, 0.25) is 0 Å². The molecule has 3 nitrogen and oxygen atoms in total. The fourth-order valence-electron chi connectivity index (χ4n) is 1.41. The van der Waals surface area contributed by atoms with Crippen molar-refractivity contribution in [1.29, 1.82) is 0 Å². The average molecular weight is 238 g/mol. The minimum Gasteiger partial charge on any atom is -0.300 e. The van der Waals surface area contributed by atoms with Gasteiger partial charge in [-0.15, -0.1) is 0 Å². The second kappa shape index (κ2) is 6.48. The van der Waals surface area contributed by atoms with E-state index in [0.29, 0.717) is 24.8 Å². The lowest BCUT2D eigenvalue weighted by atomic mass is 9.80. The van der Waals surface area contributed by atoms with Crippen LogP contribution in [0.3, 0.4) is 0 Å². The van der Waals surface area contributed by atoms with Crippen LogP contribution in [0.2, 0.25) is 0 Å². The van der Waals surface area contributed by atoms with E-state index in [-0.39, 0.29) is 23.8 Å². The Morgan fingerprint density at radius 2 is 1.53 bits per heavy atom. The second-order valence-corrected chi connectivity index (χ2v) is 5.17. The van der Waals surface area contributed by atoms with Crippen LogP contribution < -0.4 is 0 Å². The van der Waals surface area contributed by atoms with Crippen molar-refractivity contribution >= 4 is 17.3 Å². The molecule has 0 saturated heterocycles. The Morgan fingerprint density at radius 3 is 1.94 bits per heavy atom. The van der Waals surface area contributed by atoms with Crippen LogP contribution in [0.15, 0.2) is 12.2 Å². The number of Topliss-reactive ketones (excluding diaryl/α,β-unsaturated/α-hetero) is 3. The first-order valence-corrected chi connectivity index (χ1v) is 5.88. The van der Waals surface area contributed by atoms with Gasteiger partial charge in [0.1, 0.15) is 11.6 Å². The minimum atomic E-state index is -0.492. The molecule has 0 aliphatic carbocycles. The molecule has 17 heavy (non-hydrogen) atoms. The number of carbonyl (C=O) groups is 3. The highest BCUT2D eigenvalue weighted by molar-refractivity contribution is 5.93. The third-order valence-corrected chi connectivity index (χ3v) is 3.01. The van der Waals surface area contributed by atoms with E-state index in [4.69, 9.17) is 0 Å². The highest BCUT2D eigenvalue weighted by atomic mass is 16.1. The van der Waals surface area contributed by atoms with E-state index in [9.17, 15) is 14.4 Å². The van der Waals surface area contributed by atoms with Gasteiger partial charge in [-0.2, -0.15) is 0 Å². The Balaban J connectivity index is 4.27. The highest BCUT2D eigenvalue weighted by Gasteiger charge is 2.27. The summed E-state index contributed by atoms with van der Waals surface area (Å²) < 4.78 is 0. The highest BCUT2D eigenvalue weighted by Crippen LogP contribution is 2.27. The molecule has 0 fully saturated rings. The largest absolute Gasteiger partial charge is 0.300 e. The van der Waals surface area contributed by atoms with Gasteiger partial charge in [0.15, 0.2) is 5.78 Å². The molecule has 0 aromatic carbocycles. The number of hydrogen-bond donors (Lipinski definition) is 0. The quantitative estimate of drug-likeness (QED) is 0.611. The molecule has 96 valence electrons. The monoisotopic (exact) mass is 238 g/mol. The van der Waals surface area contributed by atoms with E-state index in [1.807, 2.05) is 13.8 Å². The van der Waals surface area contributed by atoms with Crippen molar-refractivity contribution in [2.45, 2.75) is 53.4 Å². The lowest BCUT2D eigenvalue weighted by Gasteiger charge is -2.23. The molecule has 0 aliphatic rings. The van der Waals surface area contributed by atoms with E-state index in [2.05, 4.69) is 6.58 Å². The first kappa shape index (κ1) is 15.8. The number of rotatable bonds is 8. The van der Waals surface area contributed by atoms with Crippen LogP contribution in [0.4, 0.5) is 0 Å².